The number of nitrogens with two attached hydrogens (primary N) is 1. The molecule has 2 atom stereocenters. The molecule has 0 aromatic heterocycles. The molecule has 1 aromatic rings. The Morgan fingerprint density at radius 3 is 2.63 bits per heavy atom. The van der Waals surface area contributed by atoms with Gasteiger partial charge in [0.05, 0.1) is 0 Å². The number of rotatable bonds is 4. The molecule has 2 amide bonds. The molecule has 8 heteroatoms. The average molecular weight is 268 g/mol. The molecule has 5 N–H and O–H groups in total. The molecule has 2 rings (SSSR count). The van der Waals surface area contributed by atoms with E-state index in [9.17, 15) is 14.7 Å². The summed E-state index contributed by atoms with van der Waals surface area (Å²) in [6, 6.07) is 1.90. The number of ether oxygens (including phenoxy) is 2. The van der Waals surface area contributed by atoms with Crippen LogP contribution in [0, 0.1) is 0 Å². The van der Waals surface area contributed by atoms with E-state index in [-0.39, 0.29) is 12.4 Å². The maximum Gasteiger partial charge on any atom is 0.329 e. The van der Waals surface area contributed by atoms with Gasteiger partial charge in [-0.05, 0) is 17.7 Å². The Bertz CT molecular complexity index is 518. The van der Waals surface area contributed by atoms with Crippen molar-refractivity contribution >= 4 is 12.0 Å². The van der Waals surface area contributed by atoms with Gasteiger partial charge < -0.3 is 30.7 Å². The van der Waals surface area contributed by atoms with E-state index in [2.05, 4.69) is 0 Å². The minimum atomic E-state index is -1.54. The minimum Gasteiger partial charge on any atom is -0.480 e. The van der Waals surface area contributed by atoms with Crippen molar-refractivity contribution in [1.29, 1.82) is 0 Å². The van der Waals surface area contributed by atoms with Crippen LogP contribution in [0.2, 0.25) is 0 Å². The third-order valence-electron chi connectivity index (χ3n) is 2.62. The van der Waals surface area contributed by atoms with E-state index in [4.69, 9.17) is 20.3 Å². The van der Waals surface area contributed by atoms with Gasteiger partial charge >= 0.3 is 12.0 Å². The predicted molar refractivity (Wildman–Crippen MR) is 61.7 cm³/mol. The maximum atomic E-state index is 11.0. The summed E-state index contributed by atoms with van der Waals surface area (Å²) < 4.78 is 10.2. The standard InChI is InChI=1S/C11H12N2O6/c12-11(17)13-8(10(15)16)9(14)5-1-2-6-7(3-5)19-4-18-6/h1-3,8-9,14H,4H2,(H,15,16)(H3,12,13,17)/t8-,9-/m1/s1. The highest BCUT2D eigenvalue weighted by molar-refractivity contribution is 5.82. The molecule has 8 nitrogen and oxygen atoms in total. The van der Waals surface area contributed by atoms with Crippen molar-refractivity contribution in [3.63, 3.8) is 0 Å². The first-order valence-corrected chi connectivity index (χ1v) is 5.35. The highest BCUT2D eigenvalue weighted by Crippen LogP contribution is 2.34. The van der Waals surface area contributed by atoms with Crippen molar-refractivity contribution in [1.82, 2.24) is 5.32 Å². The fourth-order valence-corrected chi connectivity index (χ4v) is 1.72. The first-order chi connectivity index (χ1) is 8.99. The van der Waals surface area contributed by atoms with E-state index in [1.54, 1.807) is 6.07 Å². The van der Waals surface area contributed by atoms with Crippen molar-refractivity contribution in [2.45, 2.75) is 12.1 Å². The lowest BCUT2D eigenvalue weighted by molar-refractivity contribution is -0.142. The fourth-order valence-electron chi connectivity index (χ4n) is 1.72. The number of aliphatic hydroxyl groups excluding tert-OH is 1. The summed E-state index contributed by atoms with van der Waals surface area (Å²) in [5.41, 5.74) is 5.14. The molecule has 1 aromatic carbocycles. The van der Waals surface area contributed by atoms with E-state index in [0.717, 1.165) is 0 Å². The number of aliphatic hydroxyl groups is 1. The van der Waals surface area contributed by atoms with Gasteiger partial charge in [-0.2, -0.15) is 0 Å². The van der Waals surface area contributed by atoms with Gasteiger partial charge in [0.2, 0.25) is 6.79 Å². The van der Waals surface area contributed by atoms with Crippen LogP contribution in [0.1, 0.15) is 11.7 Å². The second-order valence-electron chi connectivity index (χ2n) is 3.88. The number of carbonyl (C=O) groups excluding carboxylic acids is 1. The average Bonchev–Trinajstić information content (AvgIpc) is 2.81. The van der Waals surface area contributed by atoms with Gasteiger partial charge in [-0.25, -0.2) is 9.59 Å². The molecule has 0 aliphatic carbocycles. The molecular weight excluding hydrogens is 256 g/mol. The lowest BCUT2D eigenvalue weighted by atomic mass is 10.0. The Kier molecular flexibility index (Phi) is 3.43. The van der Waals surface area contributed by atoms with E-state index < -0.39 is 24.1 Å². The second kappa shape index (κ2) is 5.02. The summed E-state index contributed by atoms with van der Waals surface area (Å²) in [5, 5.41) is 20.9. The molecule has 0 saturated heterocycles. The number of primary amides is 1. The predicted octanol–water partition coefficient (Wildman–Crippen LogP) is -0.430. The number of hydrogen-bond donors (Lipinski definition) is 4. The van der Waals surface area contributed by atoms with Gasteiger partial charge in [0.1, 0.15) is 6.10 Å². The summed E-state index contributed by atoms with van der Waals surface area (Å²) in [6.07, 6.45) is -1.46. The SMILES string of the molecule is NC(=O)N[C@@H](C(=O)O)[C@H](O)c1ccc2c(c1)OCO2. The van der Waals surface area contributed by atoms with Gasteiger partial charge in [0.25, 0.3) is 0 Å². The van der Waals surface area contributed by atoms with Crippen molar-refractivity contribution in [3.05, 3.63) is 23.8 Å². The molecule has 0 bridgehead atoms. The van der Waals surface area contributed by atoms with Gasteiger partial charge in [0.15, 0.2) is 17.5 Å². The Balaban J connectivity index is 2.23. The highest BCUT2D eigenvalue weighted by atomic mass is 16.7. The number of aliphatic carboxylic acids is 1. The maximum absolute atomic E-state index is 11.0. The summed E-state index contributed by atoms with van der Waals surface area (Å²) in [6.45, 7) is 0.0662. The highest BCUT2D eigenvalue weighted by Gasteiger charge is 2.30. The summed E-state index contributed by atoms with van der Waals surface area (Å²) >= 11 is 0. The number of nitrogens with one attached hydrogen (secondary N) is 1. The molecular formula is C11H12N2O6. The van der Waals surface area contributed by atoms with Crippen LogP contribution in [0.15, 0.2) is 18.2 Å². The quantitative estimate of drug-likeness (QED) is 0.586. The number of amides is 2. The molecule has 0 fully saturated rings. The molecule has 1 heterocycles. The molecule has 19 heavy (non-hydrogen) atoms. The molecule has 102 valence electrons. The van der Waals surface area contributed by atoms with Gasteiger partial charge in [-0.1, -0.05) is 6.07 Å². The zero-order valence-electron chi connectivity index (χ0n) is 9.70. The third-order valence-corrected chi connectivity index (χ3v) is 2.62. The first kappa shape index (κ1) is 13.0. The summed E-state index contributed by atoms with van der Waals surface area (Å²) in [5.74, 6) is -0.491. The number of carboxylic acids is 1. The van der Waals surface area contributed by atoms with E-state index >= 15 is 0 Å². The van der Waals surface area contributed by atoms with Crippen molar-refractivity contribution in [3.8, 4) is 11.5 Å². The van der Waals surface area contributed by atoms with Crippen LogP contribution in [0.25, 0.3) is 0 Å². The van der Waals surface area contributed by atoms with Crippen LogP contribution in [0.5, 0.6) is 11.5 Å². The van der Waals surface area contributed by atoms with E-state index in [0.29, 0.717) is 11.5 Å². The van der Waals surface area contributed by atoms with Crippen LogP contribution < -0.4 is 20.5 Å². The number of hydrogen-bond acceptors (Lipinski definition) is 5. The Hall–Kier alpha value is -2.48. The van der Waals surface area contributed by atoms with Crippen LogP contribution >= 0.6 is 0 Å². The lowest BCUT2D eigenvalue weighted by Gasteiger charge is -2.19. The zero-order valence-corrected chi connectivity index (χ0v) is 9.70. The second-order valence-corrected chi connectivity index (χ2v) is 3.88. The molecule has 0 radical (unpaired) electrons. The smallest absolute Gasteiger partial charge is 0.329 e. The van der Waals surface area contributed by atoms with Gasteiger partial charge in [0, 0.05) is 0 Å². The minimum absolute atomic E-state index is 0.0662. The fraction of sp³-hybridized carbons (Fsp3) is 0.273. The molecule has 1 aliphatic heterocycles. The summed E-state index contributed by atoms with van der Waals surface area (Å²) in [7, 11) is 0. The van der Waals surface area contributed by atoms with Crippen molar-refractivity contribution in [2.24, 2.45) is 5.73 Å². The van der Waals surface area contributed by atoms with Crippen LogP contribution in [0.4, 0.5) is 4.79 Å². The Morgan fingerprint density at radius 1 is 1.32 bits per heavy atom. The third kappa shape index (κ3) is 2.68. The first-order valence-electron chi connectivity index (χ1n) is 5.35. The Morgan fingerprint density at radius 2 is 2.00 bits per heavy atom. The van der Waals surface area contributed by atoms with Gasteiger partial charge in [-0.15, -0.1) is 0 Å². The molecule has 1 aliphatic rings. The van der Waals surface area contributed by atoms with E-state index in [1.165, 1.54) is 12.1 Å². The summed E-state index contributed by atoms with van der Waals surface area (Å²) in [4.78, 5) is 21.7. The topological polar surface area (TPSA) is 131 Å². The molecule has 0 spiro atoms. The number of carboxylic acid groups (broad SMARTS) is 1. The van der Waals surface area contributed by atoms with E-state index in [1.807, 2.05) is 5.32 Å². The number of carbonyl (C=O) groups is 2. The monoisotopic (exact) mass is 268 g/mol. The lowest BCUT2D eigenvalue weighted by Crippen LogP contribution is -2.47. The number of benzene rings is 1. The van der Waals surface area contributed by atoms with Crippen LogP contribution in [0.3, 0.4) is 0 Å². The normalized spacial score (nSPS) is 15.6. The van der Waals surface area contributed by atoms with Crippen molar-refractivity contribution < 1.29 is 29.3 Å². The van der Waals surface area contributed by atoms with Crippen molar-refractivity contribution in [2.75, 3.05) is 6.79 Å². The Labute approximate surface area is 107 Å². The largest absolute Gasteiger partial charge is 0.480 e. The number of urea groups is 1. The van der Waals surface area contributed by atoms with Crippen LogP contribution in [-0.4, -0.2) is 35.0 Å². The molecule has 0 saturated carbocycles. The van der Waals surface area contributed by atoms with Gasteiger partial charge in [-0.3, -0.25) is 0 Å². The molecule has 0 unspecified atom stereocenters. The van der Waals surface area contributed by atoms with Crippen LogP contribution in [-0.2, 0) is 4.79 Å². The zero-order chi connectivity index (χ0) is 14.0. The number of fused-ring (bicyclic) bond motifs is 1.